The Morgan fingerprint density at radius 2 is 1.24 bits per heavy atom. The number of hydrogen-bond acceptors (Lipinski definition) is 7. The molecule has 0 aliphatic rings. The standard InChI is InChI=1S/C6H15NO5.3H2O.O.Sb/c7-1-3(9)5(11)6(12)4(10)2-8;;;;;/h3-6,8-12H,1-2,7H2;3*1H2;;/q;;;;;+3/p-3/t3-,4+,5+,6+;;;;;/m0...../s1. The molecule has 4 atom stereocenters. The van der Waals surface area contributed by atoms with E-state index in [0.29, 0.717) is 0 Å². The van der Waals surface area contributed by atoms with Gasteiger partial charge in [-0.25, -0.2) is 0 Å². The zero-order chi connectivity index (χ0) is 14.2. The van der Waals surface area contributed by atoms with E-state index in [1.54, 1.807) is 0 Å². The SMILES string of the molecule is NC[C@H](O)[C@@H](O)[C@H](O)[C@H](O)CO.[O]=[Sb]([OH])([OH])[OH]. The average molecular weight is 370 g/mol. The van der Waals surface area contributed by atoms with Gasteiger partial charge in [-0.2, -0.15) is 0 Å². The molecule has 0 rings (SSSR count). The van der Waals surface area contributed by atoms with E-state index in [-0.39, 0.29) is 6.54 Å². The Bertz CT molecular complexity index is 211. The van der Waals surface area contributed by atoms with Crippen molar-refractivity contribution < 1.29 is 38.7 Å². The fourth-order valence-electron chi connectivity index (χ4n) is 0.703. The van der Waals surface area contributed by atoms with Crippen LogP contribution in [0.15, 0.2) is 0 Å². The molecule has 0 aromatic heterocycles. The van der Waals surface area contributed by atoms with Crippen molar-refractivity contribution in [2.45, 2.75) is 24.4 Å². The van der Waals surface area contributed by atoms with Gasteiger partial charge in [-0.05, 0) is 0 Å². The molecule has 0 heterocycles. The van der Waals surface area contributed by atoms with Gasteiger partial charge >= 0.3 is 33.2 Å². The molecule has 11 heteroatoms. The second-order valence-corrected chi connectivity index (χ2v) is 5.98. The summed E-state index contributed by atoms with van der Waals surface area (Å²) in [5.74, 6) is 0. The van der Waals surface area contributed by atoms with Crippen molar-refractivity contribution in [1.29, 1.82) is 0 Å². The maximum absolute atomic E-state index is 9.04. The molecule has 0 amide bonds. The third kappa shape index (κ3) is 12.5. The first kappa shape index (κ1) is 19.6. The van der Waals surface area contributed by atoms with Crippen molar-refractivity contribution in [3.8, 4) is 0 Å². The van der Waals surface area contributed by atoms with Crippen LogP contribution in [0.1, 0.15) is 0 Å². The molecule has 0 aliphatic carbocycles. The molecule has 0 aromatic carbocycles. The molecule has 10 N–H and O–H groups in total. The molecule has 0 saturated carbocycles. The second-order valence-electron chi connectivity index (χ2n) is 3.05. The van der Waals surface area contributed by atoms with Crippen LogP contribution in [0.4, 0.5) is 0 Å². The van der Waals surface area contributed by atoms with Crippen LogP contribution in [-0.4, -0.2) is 93.3 Å². The summed E-state index contributed by atoms with van der Waals surface area (Å²) in [4.78, 5) is 0. The maximum atomic E-state index is 9.04. The summed E-state index contributed by atoms with van der Waals surface area (Å²) < 4.78 is 30.8. The molecule has 0 aromatic rings. The van der Waals surface area contributed by atoms with Crippen molar-refractivity contribution in [2.75, 3.05) is 13.2 Å². The van der Waals surface area contributed by atoms with Gasteiger partial charge in [-0.1, -0.05) is 0 Å². The van der Waals surface area contributed by atoms with Crippen LogP contribution in [0, 0.1) is 0 Å². The van der Waals surface area contributed by atoms with Crippen molar-refractivity contribution in [3.63, 3.8) is 0 Å². The summed E-state index contributed by atoms with van der Waals surface area (Å²) in [5.41, 5.74) is 4.99. The first-order chi connectivity index (χ1) is 7.54. The van der Waals surface area contributed by atoms with Crippen LogP contribution >= 0.6 is 0 Å². The molecule has 0 fully saturated rings. The number of rotatable bonds is 5. The van der Waals surface area contributed by atoms with Crippen LogP contribution in [0.2, 0.25) is 0 Å². The van der Waals surface area contributed by atoms with Gasteiger partial charge in [0.05, 0.1) is 12.7 Å². The molecular formula is C6H18NO9Sb. The van der Waals surface area contributed by atoms with Gasteiger partial charge in [0.25, 0.3) is 0 Å². The minimum absolute atomic E-state index is 0.226. The Balaban J connectivity index is 0. The summed E-state index contributed by atoms with van der Waals surface area (Å²) in [6.45, 7) is -0.911. The van der Waals surface area contributed by atoms with Crippen LogP contribution in [0.25, 0.3) is 0 Å². The van der Waals surface area contributed by atoms with Gasteiger partial charge in [0.2, 0.25) is 0 Å². The van der Waals surface area contributed by atoms with Gasteiger partial charge in [0, 0.05) is 6.54 Å². The molecule has 0 unspecified atom stereocenters. The summed E-state index contributed by atoms with van der Waals surface area (Å²) in [6.07, 6.45) is -5.91. The Morgan fingerprint density at radius 3 is 1.47 bits per heavy atom. The first-order valence-electron chi connectivity index (χ1n) is 4.36. The van der Waals surface area contributed by atoms with Crippen LogP contribution in [0.5, 0.6) is 0 Å². The number of aliphatic hydroxyl groups excluding tert-OH is 5. The molecule has 0 spiro atoms. The second kappa shape index (κ2) is 9.22. The number of hydrogen-bond donors (Lipinski definition) is 9. The molecular weight excluding hydrogens is 352 g/mol. The van der Waals surface area contributed by atoms with Gasteiger partial charge in [-0.3, -0.25) is 0 Å². The average Bonchev–Trinajstić information content (AvgIpc) is 2.22. The number of aliphatic hydroxyl groups is 5. The predicted octanol–water partition coefficient (Wildman–Crippen LogP) is -5.79. The minimum atomic E-state index is -5.35. The normalized spacial score (nSPS) is 18.6. The van der Waals surface area contributed by atoms with E-state index in [1.807, 2.05) is 0 Å². The van der Waals surface area contributed by atoms with Crippen LogP contribution in [0.3, 0.4) is 0 Å². The Kier molecular flexibility index (Phi) is 10.6. The Morgan fingerprint density at radius 1 is 0.941 bits per heavy atom. The van der Waals surface area contributed by atoms with Gasteiger partial charge in [0.15, 0.2) is 0 Å². The summed E-state index contributed by atoms with van der Waals surface area (Å²) >= 11 is -5.35. The topological polar surface area (TPSA) is 205 Å². The van der Waals surface area contributed by atoms with Crippen molar-refractivity contribution in [1.82, 2.24) is 0 Å². The molecule has 0 bridgehead atoms. The van der Waals surface area contributed by atoms with E-state index in [4.69, 9.17) is 44.4 Å². The number of nitrogens with two attached hydrogens (primary N) is 1. The molecule has 0 saturated heterocycles. The van der Waals surface area contributed by atoms with Crippen molar-refractivity contribution >= 4 is 20.1 Å². The summed E-state index contributed by atoms with van der Waals surface area (Å²) in [6, 6.07) is 0. The monoisotopic (exact) mass is 369 g/mol. The first-order valence-corrected chi connectivity index (χ1v) is 8.82. The van der Waals surface area contributed by atoms with E-state index in [1.165, 1.54) is 0 Å². The van der Waals surface area contributed by atoms with Crippen LogP contribution in [-0.2, 0) is 3.02 Å². The zero-order valence-corrected chi connectivity index (χ0v) is 11.3. The fraction of sp³-hybridized carbons (Fsp3) is 1.00. The van der Waals surface area contributed by atoms with E-state index >= 15 is 0 Å². The quantitative estimate of drug-likeness (QED) is 0.210. The predicted molar refractivity (Wildman–Crippen MR) is 53.3 cm³/mol. The Hall–Kier alpha value is 0.258. The molecule has 106 valence electrons. The van der Waals surface area contributed by atoms with E-state index in [9.17, 15) is 0 Å². The van der Waals surface area contributed by atoms with Crippen molar-refractivity contribution in [3.05, 3.63) is 0 Å². The summed E-state index contributed by atoms with van der Waals surface area (Å²) in [7, 11) is 0. The molecule has 0 aliphatic heterocycles. The van der Waals surface area contributed by atoms with Crippen LogP contribution < -0.4 is 5.73 Å². The van der Waals surface area contributed by atoms with E-state index in [2.05, 4.69) is 0 Å². The summed E-state index contributed by atoms with van der Waals surface area (Å²) in [5, 5.41) is 44.2. The third-order valence-electron chi connectivity index (χ3n) is 1.57. The van der Waals surface area contributed by atoms with E-state index in [0.717, 1.165) is 0 Å². The van der Waals surface area contributed by atoms with Crippen molar-refractivity contribution in [2.24, 2.45) is 5.73 Å². The Labute approximate surface area is 102 Å². The molecule has 10 nitrogen and oxygen atoms in total. The fourth-order valence-corrected chi connectivity index (χ4v) is 0.703. The molecule has 0 radical (unpaired) electrons. The molecule has 17 heavy (non-hydrogen) atoms. The van der Waals surface area contributed by atoms with Gasteiger partial charge < -0.3 is 31.3 Å². The third-order valence-corrected chi connectivity index (χ3v) is 1.57. The zero-order valence-electron chi connectivity index (χ0n) is 8.73. The van der Waals surface area contributed by atoms with Gasteiger partial charge in [0.1, 0.15) is 18.3 Å². The van der Waals surface area contributed by atoms with E-state index < -0.39 is 51.1 Å². The van der Waals surface area contributed by atoms with Gasteiger partial charge in [-0.15, -0.1) is 0 Å².